The number of thiophene rings is 1. The predicted molar refractivity (Wildman–Crippen MR) is 86.0 cm³/mol. The highest BCUT2D eigenvalue weighted by Crippen LogP contribution is 2.29. The van der Waals surface area contributed by atoms with E-state index in [4.69, 9.17) is 0 Å². The molecule has 1 saturated heterocycles. The molecule has 0 bridgehead atoms. The lowest BCUT2D eigenvalue weighted by molar-refractivity contribution is -0.128. The Kier molecular flexibility index (Phi) is 3.92. The Morgan fingerprint density at radius 1 is 1.38 bits per heavy atom. The fraction of sp³-hybridized carbons (Fsp3) is 0.500. The molecular formula is C14H19N5OS. The monoisotopic (exact) mass is 305 g/mol. The van der Waals surface area contributed by atoms with Gasteiger partial charge in [-0.15, -0.1) is 11.3 Å². The molecule has 0 spiro atoms. The Balaban J connectivity index is 1.80. The van der Waals surface area contributed by atoms with Crippen molar-refractivity contribution in [3.05, 3.63) is 10.9 Å². The van der Waals surface area contributed by atoms with Crippen LogP contribution in [0.25, 0.3) is 10.2 Å². The van der Waals surface area contributed by atoms with Gasteiger partial charge in [-0.25, -0.2) is 4.98 Å². The average molecular weight is 305 g/mol. The second-order valence-electron chi connectivity index (χ2n) is 5.16. The molecule has 3 heterocycles. The van der Waals surface area contributed by atoms with Gasteiger partial charge in [0.15, 0.2) is 0 Å². The van der Waals surface area contributed by atoms with Crippen LogP contribution in [0.15, 0.2) is 6.07 Å². The minimum absolute atomic E-state index is 0.136. The van der Waals surface area contributed by atoms with Gasteiger partial charge < -0.3 is 15.5 Å². The van der Waals surface area contributed by atoms with Crippen molar-refractivity contribution in [3.63, 3.8) is 0 Å². The molecule has 112 valence electrons. The number of amides is 1. The maximum atomic E-state index is 12.1. The highest BCUT2D eigenvalue weighted by molar-refractivity contribution is 7.18. The van der Waals surface area contributed by atoms with Gasteiger partial charge in [-0.2, -0.15) is 4.98 Å². The summed E-state index contributed by atoms with van der Waals surface area (Å²) in [5.74, 6) is 1.43. The highest BCUT2D eigenvalue weighted by atomic mass is 32.1. The van der Waals surface area contributed by atoms with E-state index < -0.39 is 0 Å². The molecule has 0 saturated carbocycles. The first kappa shape index (κ1) is 14.1. The first-order chi connectivity index (χ1) is 10.2. The van der Waals surface area contributed by atoms with E-state index in [1.165, 1.54) is 4.88 Å². The van der Waals surface area contributed by atoms with Gasteiger partial charge in [-0.3, -0.25) is 4.79 Å². The SMILES string of the molecule is CNc1nc(NCC(=O)N2CCCC2)c2cc(C)sc2n1. The zero-order valence-corrected chi connectivity index (χ0v) is 13.1. The van der Waals surface area contributed by atoms with Crippen molar-refractivity contribution in [3.8, 4) is 0 Å². The molecular weight excluding hydrogens is 286 g/mol. The molecule has 0 aliphatic carbocycles. The Hall–Kier alpha value is -1.89. The molecule has 0 atom stereocenters. The molecule has 1 aliphatic heterocycles. The summed E-state index contributed by atoms with van der Waals surface area (Å²) in [6.45, 7) is 4.08. The molecule has 0 unspecified atom stereocenters. The van der Waals surface area contributed by atoms with Crippen LogP contribution in [0.4, 0.5) is 11.8 Å². The third kappa shape index (κ3) is 2.92. The summed E-state index contributed by atoms with van der Waals surface area (Å²) in [4.78, 5) is 25.0. The standard InChI is InChI=1S/C14H19N5OS/c1-9-7-10-12(17-14(15-2)18-13(10)21-9)16-8-11(20)19-5-3-4-6-19/h7H,3-6,8H2,1-2H3,(H2,15,16,17,18). The van der Waals surface area contributed by atoms with Crippen LogP contribution in [0.3, 0.4) is 0 Å². The van der Waals surface area contributed by atoms with Crippen LogP contribution >= 0.6 is 11.3 Å². The molecule has 3 rings (SSSR count). The first-order valence-electron chi connectivity index (χ1n) is 7.15. The van der Waals surface area contributed by atoms with Crippen LogP contribution in [0.5, 0.6) is 0 Å². The number of rotatable bonds is 4. The third-order valence-corrected chi connectivity index (χ3v) is 4.55. The van der Waals surface area contributed by atoms with Crippen LogP contribution in [-0.2, 0) is 4.79 Å². The molecule has 1 aliphatic rings. The molecule has 2 aromatic heterocycles. The van der Waals surface area contributed by atoms with Gasteiger partial charge in [0.2, 0.25) is 11.9 Å². The number of nitrogens with one attached hydrogen (secondary N) is 2. The van der Waals surface area contributed by atoms with Crippen molar-refractivity contribution in [1.82, 2.24) is 14.9 Å². The minimum Gasteiger partial charge on any atom is -0.360 e. The lowest BCUT2D eigenvalue weighted by atomic mass is 10.3. The number of aryl methyl sites for hydroxylation is 1. The quantitative estimate of drug-likeness (QED) is 0.905. The molecule has 2 N–H and O–H groups in total. The zero-order chi connectivity index (χ0) is 14.8. The minimum atomic E-state index is 0.136. The third-order valence-electron chi connectivity index (χ3n) is 3.61. The second kappa shape index (κ2) is 5.85. The van der Waals surface area contributed by atoms with Crippen molar-refractivity contribution < 1.29 is 4.79 Å². The maximum absolute atomic E-state index is 12.1. The van der Waals surface area contributed by atoms with Gasteiger partial charge >= 0.3 is 0 Å². The Labute approximate surface area is 127 Å². The number of aromatic nitrogens is 2. The summed E-state index contributed by atoms with van der Waals surface area (Å²) in [6.07, 6.45) is 2.22. The van der Waals surface area contributed by atoms with Crippen LogP contribution in [0.2, 0.25) is 0 Å². The highest BCUT2D eigenvalue weighted by Gasteiger charge is 2.18. The van der Waals surface area contributed by atoms with Gasteiger partial charge in [0.25, 0.3) is 0 Å². The maximum Gasteiger partial charge on any atom is 0.241 e. The Morgan fingerprint density at radius 2 is 2.14 bits per heavy atom. The second-order valence-corrected chi connectivity index (χ2v) is 6.40. The molecule has 2 aromatic rings. The number of nitrogens with zero attached hydrogens (tertiary/aromatic N) is 3. The molecule has 7 heteroatoms. The zero-order valence-electron chi connectivity index (χ0n) is 12.3. The van der Waals surface area contributed by atoms with Crippen molar-refractivity contribution in [2.24, 2.45) is 0 Å². The van der Waals surface area contributed by atoms with Gasteiger partial charge in [0.1, 0.15) is 10.6 Å². The van der Waals surface area contributed by atoms with Gasteiger partial charge in [-0.1, -0.05) is 0 Å². The summed E-state index contributed by atoms with van der Waals surface area (Å²) >= 11 is 1.63. The van der Waals surface area contributed by atoms with Crippen molar-refractivity contribution in [2.75, 3.05) is 37.3 Å². The molecule has 0 radical (unpaired) electrons. The van der Waals surface area contributed by atoms with Crippen molar-refractivity contribution in [1.29, 1.82) is 0 Å². The Morgan fingerprint density at radius 3 is 2.86 bits per heavy atom. The molecule has 1 amide bonds. The lowest BCUT2D eigenvalue weighted by Crippen LogP contribution is -2.33. The fourth-order valence-electron chi connectivity index (χ4n) is 2.53. The number of hydrogen-bond donors (Lipinski definition) is 2. The van der Waals surface area contributed by atoms with E-state index in [1.807, 2.05) is 11.8 Å². The topological polar surface area (TPSA) is 70.2 Å². The van der Waals surface area contributed by atoms with E-state index in [0.717, 1.165) is 42.0 Å². The number of carbonyl (C=O) groups excluding carboxylic acids is 1. The number of hydrogen-bond acceptors (Lipinski definition) is 6. The summed E-state index contributed by atoms with van der Waals surface area (Å²) in [5, 5.41) is 7.11. The normalized spacial score (nSPS) is 14.7. The van der Waals surface area contributed by atoms with E-state index in [-0.39, 0.29) is 12.5 Å². The summed E-state index contributed by atoms with van der Waals surface area (Å²) in [7, 11) is 1.79. The molecule has 0 aromatic carbocycles. The summed E-state index contributed by atoms with van der Waals surface area (Å²) < 4.78 is 0. The number of likely N-dealkylation sites (tertiary alicyclic amines) is 1. The predicted octanol–water partition coefficient (Wildman–Crippen LogP) is 2.08. The Bertz CT molecular complexity index is 663. The van der Waals surface area contributed by atoms with E-state index in [2.05, 4.69) is 26.7 Å². The van der Waals surface area contributed by atoms with E-state index in [1.54, 1.807) is 18.4 Å². The summed E-state index contributed by atoms with van der Waals surface area (Å²) in [5.41, 5.74) is 0. The van der Waals surface area contributed by atoms with E-state index in [0.29, 0.717) is 5.95 Å². The molecule has 1 fully saturated rings. The number of fused-ring (bicyclic) bond motifs is 1. The van der Waals surface area contributed by atoms with Crippen LogP contribution in [0.1, 0.15) is 17.7 Å². The van der Waals surface area contributed by atoms with Crippen molar-refractivity contribution >= 4 is 39.2 Å². The van der Waals surface area contributed by atoms with Crippen LogP contribution < -0.4 is 10.6 Å². The molecule has 21 heavy (non-hydrogen) atoms. The van der Waals surface area contributed by atoms with Crippen LogP contribution in [0, 0.1) is 6.92 Å². The van der Waals surface area contributed by atoms with E-state index in [9.17, 15) is 4.79 Å². The van der Waals surface area contributed by atoms with Gasteiger partial charge in [0, 0.05) is 25.0 Å². The average Bonchev–Trinajstić information content (AvgIpc) is 3.12. The number of anilines is 2. The van der Waals surface area contributed by atoms with Crippen LogP contribution in [-0.4, -0.2) is 47.5 Å². The number of carbonyl (C=O) groups is 1. The van der Waals surface area contributed by atoms with E-state index >= 15 is 0 Å². The smallest absolute Gasteiger partial charge is 0.241 e. The van der Waals surface area contributed by atoms with Gasteiger partial charge in [-0.05, 0) is 25.8 Å². The van der Waals surface area contributed by atoms with Crippen molar-refractivity contribution in [2.45, 2.75) is 19.8 Å². The summed E-state index contributed by atoms with van der Waals surface area (Å²) in [6, 6.07) is 2.06. The fourth-order valence-corrected chi connectivity index (χ4v) is 3.41. The lowest BCUT2D eigenvalue weighted by Gasteiger charge is -2.16. The molecule has 6 nitrogen and oxygen atoms in total. The van der Waals surface area contributed by atoms with Gasteiger partial charge in [0.05, 0.1) is 11.9 Å². The largest absolute Gasteiger partial charge is 0.360 e. The first-order valence-corrected chi connectivity index (χ1v) is 7.96.